The molecule has 9 aromatic rings. The quantitative estimate of drug-likeness (QED) is 0.149. The first-order valence-electron chi connectivity index (χ1n) is 20.6. The van der Waals surface area contributed by atoms with Crippen molar-refractivity contribution in [1.29, 1.82) is 0 Å². The minimum atomic E-state index is 0.0756. The van der Waals surface area contributed by atoms with Crippen LogP contribution in [0.2, 0.25) is 0 Å². The van der Waals surface area contributed by atoms with Crippen molar-refractivity contribution in [2.45, 2.75) is 23.7 Å². The van der Waals surface area contributed by atoms with Crippen LogP contribution in [0.1, 0.15) is 90.4 Å². The van der Waals surface area contributed by atoms with Crippen molar-refractivity contribution in [2.24, 2.45) is 0 Å². The molecule has 0 heterocycles. The van der Waals surface area contributed by atoms with E-state index in [1.165, 1.54) is 100 Å². The maximum atomic E-state index is 2.39. The first-order valence-corrected chi connectivity index (χ1v) is 20.6. The van der Waals surface area contributed by atoms with Gasteiger partial charge in [-0.05, 0) is 100 Å². The lowest BCUT2D eigenvalue weighted by molar-refractivity contribution is 0.946. The van der Waals surface area contributed by atoms with Crippen LogP contribution >= 0.6 is 0 Å². The van der Waals surface area contributed by atoms with Gasteiger partial charge in [0.1, 0.15) is 0 Å². The average Bonchev–Trinajstić information content (AvgIpc) is 3.93. The largest absolute Gasteiger partial charge is 0.0619 e. The molecular formula is C58H40. The van der Waals surface area contributed by atoms with Crippen molar-refractivity contribution in [2.75, 3.05) is 0 Å². The number of rotatable bonds is 6. The van der Waals surface area contributed by atoms with E-state index < -0.39 is 0 Å². The Labute approximate surface area is 340 Å². The van der Waals surface area contributed by atoms with Gasteiger partial charge in [-0.1, -0.05) is 218 Å². The Balaban J connectivity index is 0.948. The molecule has 0 aromatic heterocycles. The molecule has 0 atom stereocenters. The number of hydrogen-bond acceptors (Lipinski definition) is 0. The highest BCUT2D eigenvalue weighted by Crippen LogP contribution is 2.51. The highest BCUT2D eigenvalue weighted by molar-refractivity contribution is 5.83. The number of hydrogen-bond donors (Lipinski definition) is 0. The summed E-state index contributed by atoms with van der Waals surface area (Å²) in [5.74, 6) is 0.764. The van der Waals surface area contributed by atoms with Gasteiger partial charge in [-0.2, -0.15) is 0 Å². The zero-order valence-electron chi connectivity index (χ0n) is 32.1. The normalized spacial score (nSPS) is 13.8. The highest BCUT2D eigenvalue weighted by atomic mass is 14.4. The van der Waals surface area contributed by atoms with E-state index in [1.54, 1.807) is 0 Å². The van der Waals surface area contributed by atoms with E-state index in [9.17, 15) is 0 Å². The predicted molar refractivity (Wildman–Crippen MR) is 239 cm³/mol. The van der Waals surface area contributed by atoms with Crippen LogP contribution in [0, 0.1) is 0 Å². The monoisotopic (exact) mass is 736 g/mol. The van der Waals surface area contributed by atoms with Crippen LogP contribution in [-0.2, 0) is 0 Å². The second-order valence-electron chi connectivity index (χ2n) is 16.3. The maximum absolute atomic E-state index is 2.39. The molecule has 0 nitrogen and oxygen atoms in total. The van der Waals surface area contributed by atoms with Gasteiger partial charge in [0.25, 0.3) is 0 Å². The Morgan fingerprint density at radius 2 is 0.397 bits per heavy atom. The summed E-state index contributed by atoms with van der Waals surface area (Å²) in [5.41, 5.74) is 24.4. The predicted octanol–water partition coefficient (Wildman–Crippen LogP) is 14.3. The Kier molecular flexibility index (Phi) is 7.60. The zero-order valence-corrected chi connectivity index (χ0v) is 32.1. The molecule has 3 aliphatic rings. The molecule has 0 N–H and O–H groups in total. The lowest BCUT2D eigenvalue weighted by Gasteiger charge is -2.23. The van der Waals surface area contributed by atoms with Crippen molar-refractivity contribution in [3.05, 3.63) is 285 Å². The van der Waals surface area contributed by atoms with E-state index >= 15 is 0 Å². The molecule has 9 aromatic carbocycles. The minimum absolute atomic E-state index is 0.0756. The lowest BCUT2D eigenvalue weighted by Crippen LogP contribution is -2.07. The average molecular weight is 737 g/mol. The molecular weight excluding hydrogens is 697 g/mol. The second kappa shape index (κ2) is 13.3. The third kappa shape index (κ3) is 5.08. The van der Waals surface area contributed by atoms with Crippen LogP contribution in [0.4, 0.5) is 0 Å². The molecule has 0 amide bonds. The second-order valence-corrected chi connectivity index (χ2v) is 16.3. The number of fused-ring (bicyclic) bond motifs is 9. The minimum Gasteiger partial charge on any atom is -0.0619 e. The lowest BCUT2D eigenvalue weighted by atomic mass is 9.81. The number of benzene rings is 9. The molecule has 3 aliphatic carbocycles. The standard InChI is InChI=1S/C58H40/c1-7-19-49-43(13-1)44-14-2-8-20-50(44)56(49)40-31-25-37(26-32-40)55(38-27-33-41(34-28-38)57-51-21-9-3-15-45(51)46-16-4-10-22-52(46)57)39-29-35-42(36-30-39)58-53-23-11-5-17-47(53)48-18-6-12-24-54(48)58/h1-36,55-58H. The molecule has 0 unspecified atom stereocenters. The molecule has 0 fully saturated rings. The van der Waals surface area contributed by atoms with E-state index in [2.05, 4.69) is 218 Å². The topological polar surface area (TPSA) is 0 Å². The summed E-state index contributed by atoms with van der Waals surface area (Å²) < 4.78 is 0. The van der Waals surface area contributed by atoms with Crippen LogP contribution in [0.15, 0.2) is 218 Å². The molecule has 58 heavy (non-hydrogen) atoms. The Hall–Kier alpha value is -7.02. The van der Waals surface area contributed by atoms with Gasteiger partial charge in [-0.15, -0.1) is 0 Å². The summed E-state index contributed by atoms with van der Waals surface area (Å²) >= 11 is 0. The van der Waals surface area contributed by atoms with Crippen molar-refractivity contribution in [3.63, 3.8) is 0 Å². The van der Waals surface area contributed by atoms with E-state index in [0.29, 0.717) is 0 Å². The van der Waals surface area contributed by atoms with Crippen LogP contribution in [0.5, 0.6) is 0 Å². The van der Waals surface area contributed by atoms with Crippen molar-refractivity contribution in [1.82, 2.24) is 0 Å². The SMILES string of the molecule is c1ccc2c(c1)-c1ccccc1C2c1ccc(C(c2ccc(C3c4ccccc4-c4ccccc43)cc2)c2ccc(C3c4ccccc4-c4ccccc43)cc2)cc1. The van der Waals surface area contributed by atoms with E-state index in [-0.39, 0.29) is 23.7 Å². The van der Waals surface area contributed by atoms with Gasteiger partial charge >= 0.3 is 0 Å². The zero-order chi connectivity index (χ0) is 38.2. The summed E-state index contributed by atoms with van der Waals surface area (Å²) in [6.45, 7) is 0. The fourth-order valence-electron chi connectivity index (χ4n) is 10.8. The first kappa shape index (κ1) is 33.2. The van der Waals surface area contributed by atoms with Gasteiger partial charge < -0.3 is 0 Å². The van der Waals surface area contributed by atoms with Gasteiger partial charge in [0.15, 0.2) is 0 Å². The molecule has 0 spiro atoms. The van der Waals surface area contributed by atoms with E-state index in [1.807, 2.05) is 0 Å². The smallest absolute Gasteiger partial charge is 0.0352 e. The molecule has 272 valence electrons. The van der Waals surface area contributed by atoms with Gasteiger partial charge in [0.2, 0.25) is 0 Å². The summed E-state index contributed by atoms with van der Waals surface area (Å²) in [5, 5.41) is 0. The molecule has 0 heteroatoms. The third-order valence-corrected chi connectivity index (χ3v) is 13.3. The van der Waals surface area contributed by atoms with Crippen LogP contribution in [0.25, 0.3) is 33.4 Å². The van der Waals surface area contributed by atoms with Crippen LogP contribution < -0.4 is 0 Å². The van der Waals surface area contributed by atoms with Gasteiger partial charge in [-0.3, -0.25) is 0 Å². The Morgan fingerprint density at radius 1 is 0.207 bits per heavy atom. The molecule has 12 rings (SSSR count). The van der Waals surface area contributed by atoms with E-state index in [4.69, 9.17) is 0 Å². The third-order valence-electron chi connectivity index (χ3n) is 13.3. The van der Waals surface area contributed by atoms with E-state index in [0.717, 1.165) is 0 Å². The fourth-order valence-corrected chi connectivity index (χ4v) is 10.8. The van der Waals surface area contributed by atoms with Crippen LogP contribution in [0.3, 0.4) is 0 Å². The maximum Gasteiger partial charge on any atom is 0.0352 e. The summed E-state index contributed by atoms with van der Waals surface area (Å²) in [4.78, 5) is 0. The summed E-state index contributed by atoms with van der Waals surface area (Å²) in [6, 6.07) is 82.2. The molecule has 0 aliphatic heterocycles. The van der Waals surface area contributed by atoms with Crippen LogP contribution in [-0.4, -0.2) is 0 Å². The summed E-state index contributed by atoms with van der Waals surface area (Å²) in [7, 11) is 0. The van der Waals surface area contributed by atoms with Gasteiger partial charge in [0, 0.05) is 23.7 Å². The molecule has 0 radical (unpaired) electrons. The molecule has 0 bridgehead atoms. The molecule has 0 saturated carbocycles. The summed E-state index contributed by atoms with van der Waals surface area (Å²) in [6.07, 6.45) is 0. The highest BCUT2D eigenvalue weighted by Gasteiger charge is 2.32. The Bertz CT molecular complexity index is 2540. The molecule has 0 saturated heterocycles. The Morgan fingerprint density at radius 3 is 0.603 bits per heavy atom. The van der Waals surface area contributed by atoms with Crippen molar-refractivity contribution in [3.8, 4) is 33.4 Å². The van der Waals surface area contributed by atoms with Gasteiger partial charge in [0.05, 0.1) is 0 Å². The van der Waals surface area contributed by atoms with Crippen molar-refractivity contribution < 1.29 is 0 Å². The van der Waals surface area contributed by atoms with Gasteiger partial charge in [-0.25, -0.2) is 0 Å². The first-order chi connectivity index (χ1) is 28.8. The fraction of sp³-hybridized carbons (Fsp3) is 0.0690. The van der Waals surface area contributed by atoms with Crippen molar-refractivity contribution >= 4 is 0 Å².